The smallest absolute Gasteiger partial charge is 0.258 e. The zero-order chi connectivity index (χ0) is 16.4. The van der Waals surface area contributed by atoms with Gasteiger partial charge in [-0.05, 0) is 43.3 Å². The first-order valence-electron chi connectivity index (χ1n) is 7.24. The van der Waals surface area contributed by atoms with E-state index >= 15 is 0 Å². The average molecular weight is 311 g/mol. The van der Waals surface area contributed by atoms with Crippen molar-refractivity contribution in [1.82, 2.24) is 9.55 Å². The van der Waals surface area contributed by atoms with E-state index < -0.39 is 12.0 Å². The number of aliphatic hydroxyl groups excluding tert-OH is 1. The summed E-state index contributed by atoms with van der Waals surface area (Å²) in [7, 11) is 0. The Kier molecular flexibility index (Phi) is 3.99. The van der Waals surface area contributed by atoms with Crippen molar-refractivity contribution < 1.29 is 14.6 Å². The van der Waals surface area contributed by atoms with Crippen molar-refractivity contribution in [3.63, 3.8) is 0 Å². The number of nitrogens with zero attached hydrogens (tertiary/aromatic N) is 2. The van der Waals surface area contributed by atoms with Crippen molar-refractivity contribution in [3.05, 3.63) is 54.4 Å². The molecule has 3 N–H and O–H groups in total. The summed E-state index contributed by atoms with van der Waals surface area (Å²) in [6.45, 7) is 1.44. The van der Waals surface area contributed by atoms with Gasteiger partial charge in [-0.3, -0.25) is 9.36 Å². The van der Waals surface area contributed by atoms with Crippen LogP contribution in [0.5, 0.6) is 5.75 Å². The van der Waals surface area contributed by atoms with E-state index in [-0.39, 0.29) is 6.61 Å². The van der Waals surface area contributed by atoms with E-state index in [2.05, 4.69) is 4.98 Å². The van der Waals surface area contributed by atoms with Crippen LogP contribution in [-0.2, 0) is 11.4 Å². The number of imidazole rings is 1. The maximum Gasteiger partial charge on any atom is 0.258 e. The number of ether oxygens (including phenoxy) is 1. The molecule has 2 aromatic carbocycles. The highest BCUT2D eigenvalue weighted by molar-refractivity contribution is 5.79. The second kappa shape index (κ2) is 6.10. The summed E-state index contributed by atoms with van der Waals surface area (Å²) in [6.07, 6.45) is -0.692. The number of para-hydroxylation sites is 2. The highest BCUT2D eigenvalue weighted by Crippen LogP contribution is 2.23. The molecule has 6 nitrogen and oxygen atoms in total. The average Bonchev–Trinajstić information content (AvgIpc) is 2.94. The molecule has 0 saturated heterocycles. The lowest BCUT2D eigenvalue weighted by Crippen LogP contribution is -2.30. The van der Waals surface area contributed by atoms with E-state index in [0.29, 0.717) is 11.6 Å². The number of amides is 1. The molecule has 1 aromatic heterocycles. The van der Waals surface area contributed by atoms with E-state index in [9.17, 15) is 9.90 Å². The molecule has 0 saturated carbocycles. The minimum Gasteiger partial charge on any atom is -0.481 e. The summed E-state index contributed by atoms with van der Waals surface area (Å²) in [6, 6.07) is 14.9. The second-order valence-corrected chi connectivity index (χ2v) is 5.17. The minimum atomic E-state index is -0.692. The van der Waals surface area contributed by atoms with Gasteiger partial charge in [-0.25, -0.2) is 4.98 Å². The van der Waals surface area contributed by atoms with E-state index in [1.807, 2.05) is 41.0 Å². The molecule has 3 rings (SSSR count). The van der Waals surface area contributed by atoms with E-state index in [4.69, 9.17) is 10.5 Å². The van der Waals surface area contributed by atoms with Crippen LogP contribution in [0.4, 0.5) is 0 Å². The van der Waals surface area contributed by atoms with Crippen LogP contribution in [0.15, 0.2) is 48.5 Å². The number of nitrogens with two attached hydrogens (primary N) is 1. The van der Waals surface area contributed by atoms with E-state index in [1.165, 1.54) is 0 Å². The Morgan fingerprint density at radius 1 is 1.26 bits per heavy atom. The third kappa shape index (κ3) is 2.89. The molecule has 23 heavy (non-hydrogen) atoms. The third-order valence-corrected chi connectivity index (χ3v) is 3.58. The monoisotopic (exact) mass is 311 g/mol. The van der Waals surface area contributed by atoms with Crippen molar-refractivity contribution in [3.8, 4) is 11.4 Å². The highest BCUT2D eigenvalue weighted by Gasteiger charge is 2.13. The van der Waals surface area contributed by atoms with Crippen LogP contribution in [0.2, 0.25) is 0 Å². The quantitative estimate of drug-likeness (QED) is 0.751. The molecule has 0 bridgehead atoms. The molecule has 0 aliphatic carbocycles. The number of rotatable bonds is 5. The molecule has 0 fully saturated rings. The fraction of sp³-hybridized carbons (Fsp3) is 0.176. The van der Waals surface area contributed by atoms with Gasteiger partial charge in [0.25, 0.3) is 5.91 Å². The Bertz CT molecular complexity index is 840. The lowest BCUT2D eigenvalue weighted by molar-refractivity contribution is -0.123. The Morgan fingerprint density at radius 2 is 1.96 bits per heavy atom. The Hall–Kier alpha value is -2.86. The van der Waals surface area contributed by atoms with Crippen molar-refractivity contribution in [1.29, 1.82) is 0 Å². The van der Waals surface area contributed by atoms with Crippen LogP contribution in [0.3, 0.4) is 0 Å². The molecular weight excluding hydrogens is 294 g/mol. The van der Waals surface area contributed by atoms with Crippen LogP contribution in [0.25, 0.3) is 16.7 Å². The first-order chi connectivity index (χ1) is 11.1. The number of hydrogen-bond donors (Lipinski definition) is 2. The molecule has 118 valence electrons. The zero-order valence-corrected chi connectivity index (χ0v) is 12.6. The van der Waals surface area contributed by atoms with Gasteiger partial charge < -0.3 is 15.6 Å². The largest absolute Gasteiger partial charge is 0.481 e. The fourth-order valence-corrected chi connectivity index (χ4v) is 2.41. The Balaban J connectivity index is 1.98. The van der Waals surface area contributed by atoms with Gasteiger partial charge in [-0.15, -0.1) is 0 Å². The maximum atomic E-state index is 11.0. The number of fused-ring (bicyclic) bond motifs is 1. The summed E-state index contributed by atoms with van der Waals surface area (Å²) in [5.41, 5.74) is 7.77. The summed E-state index contributed by atoms with van der Waals surface area (Å²) in [5.74, 6) is 0.595. The number of carbonyl (C=O) groups excluding carboxylic acids is 1. The summed E-state index contributed by atoms with van der Waals surface area (Å²) in [4.78, 5) is 15.5. The van der Waals surface area contributed by atoms with Crippen LogP contribution in [-0.4, -0.2) is 26.7 Å². The maximum absolute atomic E-state index is 11.0. The molecule has 6 heteroatoms. The van der Waals surface area contributed by atoms with Gasteiger partial charge in [0.05, 0.1) is 11.0 Å². The van der Waals surface area contributed by atoms with Gasteiger partial charge in [0.15, 0.2) is 6.10 Å². The fourth-order valence-electron chi connectivity index (χ4n) is 2.41. The van der Waals surface area contributed by atoms with Gasteiger partial charge in [0, 0.05) is 5.69 Å². The lowest BCUT2D eigenvalue weighted by atomic mass is 10.2. The van der Waals surface area contributed by atoms with Gasteiger partial charge in [-0.2, -0.15) is 0 Å². The van der Waals surface area contributed by atoms with Crippen molar-refractivity contribution in [2.24, 2.45) is 5.73 Å². The summed E-state index contributed by atoms with van der Waals surface area (Å²) >= 11 is 0. The van der Waals surface area contributed by atoms with E-state index in [1.54, 1.807) is 19.1 Å². The minimum absolute atomic E-state index is 0.161. The van der Waals surface area contributed by atoms with Crippen LogP contribution in [0.1, 0.15) is 12.7 Å². The van der Waals surface area contributed by atoms with Crippen LogP contribution < -0.4 is 10.5 Å². The number of aromatic nitrogens is 2. The van der Waals surface area contributed by atoms with Crippen molar-refractivity contribution >= 4 is 16.9 Å². The number of carbonyl (C=O) groups is 1. The van der Waals surface area contributed by atoms with Crippen molar-refractivity contribution in [2.45, 2.75) is 19.6 Å². The molecule has 0 aliphatic rings. The predicted octanol–water partition coefficient (Wildman–Crippen LogP) is 1.77. The van der Waals surface area contributed by atoms with Gasteiger partial charge >= 0.3 is 0 Å². The molecular formula is C17H17N3O3. The van der Waals surface area contributed by atoms with Gasteiger partial charge in [0.2, 0.25) is 0 Å². The molecule has 0 aliphatic heterocycles. The van der Waals surface area contributed by atoms with Crippen molar-refractivity contribution in [2.75, 3.05) is 0 Å². The number of aliphatic hydroxyl groups is 1. The molecule has 1 heterocycles. The number of primary amides is 1. The number of hydrogen-bond acceptors (Lipinski definition) is 4. The normalized spacial score (nSPS) is 12.3. The van der Waals surface area contributed by atoms with E-state index in [0.717, 1.165) is 16.7 Å². The van der Waals surface area contributed by atoms with Crippen LogP contribution in [0, 0.1) is 0 Å². The molecule has 1 amide bonds. The third-order valence-electron chi connectivity index (χ3n) is 3.58. The Labute approximate surface area is 133 Å². The lowest BCUT2D eigenvalue weighted by Gasteiger charge is -2.13. The number of benzene rings is 2. The molecule has 0 radical (unpaired) electrons. The van der Waals surface area contributed by atoms with Gasteiger partial charge in [-0.1, -0.05) is 12.1 Å². The molecule has 0 unspecified atom stereocenters. The summed E-state index contributed by atoms with van der Waals surface area (Å²) < 4.78 is 7.33. The Morgan fingerprint density at radius 3 is 2.61 bits per heavy atom. The zero-order valence-electron chi connectivity index (χ0n) is 12.6. The van der Waals surface area contributed by atoms with Gasteiger partial charge in [0.1, 0.15) is 18.2 Å². The highest BCUT2D eigenvalue weighted by atomic mass is 16.5. The first-order valence-corrected chi connectivity index (χ1v) is 7.24. The second-order valence-electron chi connectivity index (χ2n) is 5.17. The summed E-state index contributed by atoms with van der Waals surface area (Å²) in [5, 5.41) is 9.56. The molecule has 0 spiro atoms. The topological polar surface area (TPSA) is 90.4 Å². The SMILES string of the molecule is C[C@H](Oc1ccc(-n2c(CO)nc3ccccc32)cc1)C(N)=O. The first kappa shape index (κ1) is 15.1. The van der Waals surface area contributed by atoms with Crippen LogP contribution >= 0.6 is 0 Å². The molecule has 1 atom stereocenters. The standard InChI is InChI=1S/C17H17N3O3/c1-11(17(18)22)23-13-8-6-12(7-9-13)20-15-5-3-2-4-14(15)19-16(20)10-21/h2-9,11,21H,10H2,1H3,(H2,18,22)/t11-/m0/s1. The predicted molar refractivity (Wildman–Crippen MR) is 86.3 cm³/mol. The molecule has 3 aromatic rings.